The van der Waals surface area contributed by atoms with E-state index >= 15 is 0 Å². The molecule has 0 aromatic carbocycles. The number of rotatable bonds is 4. The lowest BCUT2D eigenvalue weighted by Crippen LogP contribution is -2.17. The van der Waals surface area contributed by atoms with Crippen LogP contribution in [0.15, 0.2) is 36.1 Å². The van der Waals surface area contributed by atoms with Gasteiger partial charge in [-0.25, -0.2) is 0 Å². The van der Waals surface area contributed by atoms with Crippen LogP contribution in [-0.2, 0) is 6.54 Å². The highest BCUT2D eigenvalue weighted by Gasteiger charge is 2.05. The molecule has 0 aliphatic rings. The molecule has 0 radical (unpaired) electrons. The molecule has 1 N–H and O–H groups in total. The first-order valence-corrected chi connectivity index (χ1v) is 5.76. The molecular weight excluding hydrogens is 206 g/mol. The van der Waals surface area contributed by atoms with Crippen molar-refractivity contribution in [2.75, 3.05) is 0 Å². The second kappa shape index (κ2) is 5.00. The van der Waals surface area contributed by atoms with Crippen molar-refractivity contribution in [3.05, 3.63) is 46.7 Å². The zero-order valence-electron chi connectivity index (χ0n) is 8.55. The molecule has 1 atom stereocenters. The van der Waals surface area contributed by atoms with Crippen LogP contribution in [0.25, 0.3) is 0 Å². The summed E-state index contributed by atoms with van der Waals surface area (Å²) in [7, 11) is 0. The van der Waals surface area contributed by atoms with Crippen molar-refractivity contribution < 1.29 is 0 Å². The van der Waals surface area contributed by atoms with Crippen molar-refractivity contribution in [1.29, 1.82) is 0 Å². The highest BCUT2D eigenvalue weighted by Crippen LogP contribution is 2.18. The summed E-state index contributed by atoms with van der Waals surface area (Å²) in [5.41, 5.74) is 0.973. The molecule has 2 heterocycles. The average molecular weight is 219 g/mol. The number of aromatic nitrogens is 2. The van der Waals surface area contributed by atoms with Crippen LogP contribution < -0.4 is 5.32 Å². The standard InChI is InChI=1S/C11H13N3S/c1-9(11-3-2-6-15-11)14-8-10-7-12-4-5-13-10/h2-7,9,14H,8H2,1H3. The van der Waals surface area contributed by atoms with E-state index < -0.39 is 0 Å². The second-order valence-electron chi connectivity index (χ2n) is 3.31. The summed E-state index contributed by atoms with van der Waals surface area (Å²) in [5, 5.41) is 5.50. The maximum absolute atomic E-state index is 4.21. The van der Waals surface area contributed by atoms with Gasteiger partial charge in [0.1, 0.15) is 0 Å². The smallest absolute Gasteiger partial charge is 0.0724 e. The number of thiophene rings is 1. The van der Waals surface area contributed by atoms with Crippen LogP contribution in [0, 0.1) is 0 Å². The Labute approximate surface area is 93.2 Å². The maximum atomic E-state index is 4.21. The molecule has 0 saturated heterocycles. The van der Waals surface area contributed by atoms with E-state index in [9.17, 15) is 0 Å². The van der Waals surface area contributed by atoms with Gasteiger partial charge in [-0.2, -0.15) is 0 Å². The first kappa shape index (κ1) is 10.3. The molecule has 2 aromatic rings. The molecule has 4 heteroatoms. The lowest BCUT2D eigenvalue weighted by Gasteiger charge is -2.10. The molecule has 15 heavy (non-hydrogen) atoms. The Morgan fingerprint density at radius 1 is 1.47 bits per heavy atom. The quantitative estimate of drug-likeness (QED) is 0.858. The lowest BCUT2D eigenvalue weighted by molar-refractivity contribution is 0.574. The minimum absolute atomic E-state index is 0.368. The van der Waals surface area contributed by atoms with Gasteiger partial charge in [-0.1, -0.05) is 6.07 Å². The summed E-state index contributed by atoms with van der Waals surface area (Å²) < 4.78 is 0. The Morgan fingerprint density at radius 2 is 2.40 bits per heavy atom. The van der Waals surface area contributed by atoms with Crippen LogP contribution in [0.3, 0.4) is 0 Å². The molecule has 0 saturated carbocycles. The van der Waals surface area contributed by atoms with E-state index in [1.54, 1.807) is 29.9 Å². The third-order valence-corrected chi connectivity index (χ3v) is 3.23. The molecule has 0 spiro atoms. The predicted octanol–water partition coefficient (Wildman–Crippen LogP) is 2.39. The molecule has 0 amide bonds. The van der Waals surface area contributed by atoms with Crippen LogP contribution in [0.2, 0.25) is 0 Å². The Morgan fingerprint density at radius 3 is 3.07 bits per heavy atom. The summed E-state index contributed by atoms with van der Waals surface area (Å²) >= 11 is 1.77. The fourth-order valence-corrected chi connectivity index (χ4v) is 2.08. The molecule has 1 unspecified atom stereocenters. The van der Waals surface area contributed by atoms with Crippen LogP contribution in [-0.4, -0.2) is 9.97 Å². The Hall–Kier alpha value is -1.26. The monoisotopic (exact) mass is 219 g/mol. The number of nitrogens with zero attached hydrogens (tertiary/aromatic N) is 2. The second-order valence-corrected chi connectivity index (χ2v) is 4.29. The fourth-order valence-electron chi connectivity index (χ4n) is 1.32. The normalized spacial score (nSPS) is 12.6. The highest BCUT2D eigenvalue weighted by atomic mass is 32.1. The largest absolute Gasteiger partial charge is 0.304 e. The van der Waals surface area contributed by atoms with Crippen molar-refractivity contribution in [3.63, 3.8) is 0 Å². The van der Waals surface area contributed by atoms with Crippen molar-refractivity contribution in [3.8, 4) is 0 Å². The fraction of sp³-hybridized carbons (Fsp3) is 0.273. The summed E-state index contributed by atoms with van der Waals surface area (Å²) in [5.74, 6) is 0. The number of hydrogen-bond donors (Lipinski definition) is 1. The molecule has 0 bridgehead atoms. The molecule has 0 fully saturated rings. The van der Waals surface area contributed by atoms with E-state index in [2.05, 4.69) is 39.7 Å². The van der Waals surface area contributed by atoms with Gasteiger partial charge in [-0.3, -0.25) is 9.97 Å². The summed E-state index contributed by atoms with van der Waals surface area (Å²) in [4.78, 5) is 9.58. The van der Waals surface area contributed by atoms with Gasteiger partial charge >= 0.3 is 0 Å². The van der Waals surface area contributed by atoms with Gasteiger partial charge in [0.2, 0.25) is 0 Å². The van der Waals surface area contributed by atoms with E-state index in [-0.39, 0.29) is 0 Å². The molecule has 0 aliphatic heterocycles. The van der Waals surface area contributed by atoms with Gasteiger partial charge in [0.05, 0.1) is 5.69 Å². The van der Waals surface area contributed by atoms with Crippen LogP contribution in [0.4, 0.5) is 0 Å². The van der Waals surface area contributed by atoms with Gasteiger partial charge in [-0.15, -0.1) is 11.3 Å². The van der Waals surface area contributed by atoms with E-state index in [1.807, 2.05) is 0 Å². The van der Waals surface area contributed by atoms with Crippen LogP contribution >= 0.6 is 11.3 Å². The summed E-state index contributed by atoms with van der Waals surface area (Å²) in [6.45, 7) is 2.91. The maximum Gasteiger partial charge on any atom is 0.0724 e. The molecule has 3 nitrogen and oxygen atoms in total. The van der Waals surface area contributed by atoms with Gasteiger partial charge in [-0.05, 0) is 18.4 Å². The summed E-state index contributed by atoms with van der Waals surface area (Å²) in [6, 6.07) is 4.58. The van der Waals surface area contributed by atoms with Crippen LogP contribution in [0.5, 0.6) is 0 Å². The van der Waals surface area contributed by atoms with Crippen molar-refractivity contribution in [2.24, 2.45) is 0 Å². The molecule has 2 aromatic heterocycles. The van der Waals surface area contributed by atoms with Gasteiger partial charge in [0.15, 0.2) is 0 Å². The number of nitrogens with one attached hydrogen (secondary N) is 1. The van der Waals surface area contributed by atoms with Crippen molar-refractivity contribution >= 4 is 11.3 Å². The average Bonchev–Trinajstić information content (AvgIpc) is 2.81. The molecule has 0 aliphatic carbocycles. The Bertz CT molecular complexity index is 385. The zero-order chi connectivity index (χ0) is 10.5. The Kier molecular flexibility index (Phi) is 3.42. The molecule has 78 valence electrons. The van der Waals surface area contributed by atoms with Crippen LogP contribution in [0.1, 0.15) is 23.5 Å². The SMILES string of the molecule is CC(NCc1cnccn1)c1cccs1. The van der Waals surface area contributed by atoms with Gasteiger partial charge in [0.25, 0.3) is 0 Å². The lowest BCUT2D eigenvalue weighted by atomic mass is 10.2. The third-order valence-electron chi connectivity index (χ3n) is 2.18. The summed E-state index contributed by atoms with van der Waals surface area (Å²) in [6.07, 6.45) is 5.19. The minimum atomic E-state index is 0.368. The van der Waals surface area contributed by atoms with Gasteiger partial charge < -0.3 is 5.32 Å². The highest BCUT2D eigenvalue weighted by molar-refractivity contribution is 7.10. The van der Waals surface area contributed by atoms with E-state index in [1.165, 1.54) is 4.88 Å². The number of hydrogen-bond acceptors (Lipinski definition) is 4. The predicted molar refractivity (Wildman–Crippen MR) is 61.6 cm³/mol. The molecular formula is C11H13N3S. The topological polar surface area (TPSA) is 37.8 Å². The van der Waals surface area contributed by atoms with Crippen molar-refractivity contribution in [1.82, 2.24) is 15.3 Å². The van der Waals surface area contributed by atoms with Gasteiger partial charge in [0, 0.05) is 36.1 Å². The van der Waals surface area contributed by atoms with E-state index in [0.29, 0.717) is 6.04 Å². The van der Waals surface area contributed by atoms with E-state index in [0.717, 1.165) is 12.2 Å². The van der Waals surface area contributed by atoms with Crippen molar-refractivity contribution in [2.45, 2.75) is 19.5 Å². The van der Waals surface area contributed by atoms with E-state index in [4.69, 9.17) is 0 Å². The Balaban J connectivity index is 1.89. The minimum Gasteiger partial charge on any atom is -0.304 e. The first-order chi connectivity index (χ1) is 7.36. The molecule has 2 rings (SSSR count). The third kappa shape index (κ3) is 2.84. The first-order valence-electron chi connectivity index (χ1n) is 4.88. The zero-order valence-corrected chi connectivity index (χ0v) is 9.37.